The van der Waals surface area contributed by atoms with Gasteiger partial charge in [-0.25, -0.2) is 0 Å². The van der Waals surface area contributed by atoms with Gasteiger partial charge >= 0.3 is 0 Å². The first-order chi connectivity index (χ1) is 5.52. The summed E-state index contributed by atoms with van der Waals surface area (Å²) in [5.41, 5.74) is 1.28. The van der Waals surface area contributed by atoms with Crippen molar-refractivity contribution in [1.82, 2.24) is 0 Å². The number of aliphatic hydroxyl groups is 1. The highest BCUT2D eigenvalue weighted by Gasteiger charge is 2.31. The number of rotatable bonds is 1. The van der Waals surface area contributed by atoms with Gasteiger partial charge in [0.2, 0.25) is 0 Å². The summed E-state index contributed by atoms with van der Waals surface area (Å²) in [6.45, 7) is 10.5. The molecule has 1 saturated carbocycles. The first kappa shape index (κ1) is 9.79. The van der Waals surface area contributed by atoms with Gasteiger partial charge in [0.05, 0.1) is 6.10 Å². The summed E-state index contributed by atoms with van der Waals surface area (Å²) in [7, 11) is 0. The van der Waals surface area contributed by atoms with Crippen molar-refractivity contribution in [2.45, 2.75) is 39.7 Å². The molecule has 1 aliphatic rings. The Bertz CT molecular complexity index is 174. The van der Waals surface area contributed by atoms with Crippen molar-refractivity contribution in [3.63, 3.8) is 0 Å². The van der Waals surface area contributed by atoms with Gasteiger partial charge in [-0.1, -0.05) is 26.0 Å². The Kier molecular flexibility index (Phi) is 2.94. The Hall–Kier alpha value is -0.300. The van der Waals surface area contributed by atoms with Gasteiger partial charge in [0.1, 0.15) is 0 Å². The molecule has 1 nitrogen and oxygen atoms in total. The van der Waals surface area contributed by atoms with Crippen LogP contribution in [-0.4, -0.2) is 11.2 Å². The van der Waals surface area contributed by atoms with E-state index in [1.807, 2.05) is 0 Å². The maximum Gasteiger partial charge on any atom is 0.0568 e. The van der Waals surface area contributed by atoms with Gasteiger partial charge in [-0.2, -0.15) is 0 Å². The molecule has 1 rings (SSSR count). The van der Waals surface area contributed by atoms with Crippen molar-refractivity contribution in [3.05, 3.63) is 12.2 Å². The smallest absolute Gasteiger partial charge is 0.0568 e. The molecule has 0 aromatic heterocycles. The maximum absolute atomic E-state index is 9.62. The number of aliphatic hydroxyl groups excluding tert-OH is 1. The molecule has 70 valence electrons. The minimum absolute atomic E-state index is 0.0874. The molecule has 0 spiro atoms. The average molecular weight is 168 g/mol. The molecule has 0 bridgehead atoms. The topological polar surface area (TPSA) is 20.2 Å². The quantitative estimate of drug-likeness (QED) is 0.597. The Balaban J connectivity index is 2.61. The predicted octanol–water partition coefficient (Wildman–Crippen LogP) is 2.61. The third kappa shape index (κ3) is 1.89. The van der Waals surface area contributed by atoms with E-state index in [0.29, 0.717) is 17.8 Å². The monoisotopic (exact) mass is 168 g/mol. The molecular formula is C11H20O. The molecule has 0 amide bonds. The first-order valence-corrected chi connectivity index (χ1v) is 4.85. The molecule has 1 fully saturated rings. The van der Waals surface area contributed by atoms with Gasteiger partial charge in [-0.05, 0) is 37.5 Å². The van der Waals surface area contributed by atoms with Crippen LogP contribution in [0.2, 0.25) is 0 Å². The number of hydrogen-bond acceptors (Lipinski definition) is 1. The summed E-state index contributed by atoms with van der Waals surface area (Å²) >= 11 is 0. The minimum atomic E-state index is -0.0874. The summed E-state index contributed by atoms with van der Waals surface area (Å²) in [5.74, 6) is 1.68. The summed E-state index contributed by atoms with van der Waals surface area (Å²) in [4.78, 5) is 0. The Morgan fingerprint density at radius 1 is 1.25 bits per heavy atom. The molecule has 1 N–H and O–H groups in total. The summed E-state index contributed by atoms with van der Waals surface area (Å²) < 4.78 is 0. The van der Waals surface area contributed by atoms with Crippen molar-refractivity contribution in [1.29, 1.82) is 0 Å². The lowest BCUT2D eigenvalue weighted by Crippen LogP contribution is -2.33. The Labute approximate surface area is 75.5 Å². The molecule has 12 heavy (non-hydrogen) atoms. The van der Waals surface area contributed by atoms with Crippen molar-refractivity contribution < 1.29 is 5.11 Å². The van der Waals surface area contributed by atoms with E-state index < -0.39 is 0 Å². The lowest BCUT2D eigenvalue weighted by molar-refractivity contribution is 0.0374. The minimum Gasteiger partial charge on any atom is -0.393 e. The van der Waals surface area contributed by atoms with Crippen molar-refractivity contribution >= 4 is 0 Å². The van der Waals surface area contributed by atoms with Crippen molar-refractivity contribution in [2.75, 3.05) is 0 Å². The van der Waals surface area contributed by atoms with Crippen LogP contribution in [0.5, 0.6) is 0 Å². The fourth-order valence-corrected chi connectivity index (χ4v) is 2.25. The van der Waals surface area contributed by atoms with E-state index in [9.17, 15) is 5.11 Å². The highest BCUT2D eigenvalue weighted by Crippen LogP contribution is 2.37. The van der Waals surface area contributed by atoms with E-state index >= 15 is 0 Å². The van der Waals surface area contributed by atoms with Gasteiger partial charge < -0.3 is 5.11 Å². The highest BCUT2D eigenvalue weighted by molar-refractivity contribution is 5.01. The van der Waals surface area contributed by atoms with E-state index in [4.69, 9.17) is 0 Å². The van der Waals surface area contributed by atoms with E-state index in [1.54, 1.807) is 0 Å². The Morgan fingerprint density at radius 3 is 2.33 bits per heavy atom. The fourth-order valence-electron chi connectivity index (χ4n) is 2.25. The molecule has 0 heterocycles. The highest BCUT2D eigenvalue weighted by atomic mass is 16.3. The maximum atomic E-state index is 9.62. The van der Waals surface area contributed by atoms with Crippen LogP contribution in [0, 0.1) is 17.8 Å². The second-order valence-electron chi connectivity index (χ2n) is 4.45. The Morgan fingerprint density at radius 2 is 1.83 bits per heavy atom. The number of allylic oxidation sites excluding steroid dienone is 1. The largest absolute Gasteiger partial charge is 0.393 e. The summed E-state index contributed by atoms with van der Waals surface area (Å²) in [6, 6.07) is 0. The van der Waals surface area contributed by atoms with Gasteiger partial charge in [-0.15, -0.1) is 0 Å². The van der Waals surface area contributed by atoms with E-state index in [-0.39, 0.29) is 6.10 Å². The van der Waals surface area contributed by atoms with Crippen molar-refractivity contribution in [2.24, 2.45) is 17.8 Å². The molecule has 4 atom stereocenters. The predicted molar refractivity (Wildman–Crippen MR) is 51.9 cm³/mol. The fraction of sp³-hybridized carbons (Fsp3) is 0.818. The zero-order valence-corrected chi connectivity index (χ0v) is 8.38. The molecule has 0 aliphatic heterocycles. The van der Waals surface area contributed by atoms with Crippen LogP contribution >= 0.6 is 0 Å². The zero-order chi connectivity index (χ0) is 9.30. The lowest BCUT2D eigenvalue weighted by atomic mass is 9.71. The van der Waals surface area contributed by atoms with Crippen LogP contribution in [0.1, 0.15) is 33.6 Å². The van der Waals surface area contributed by atoms with Crippen LogP contribution in [0.3, 0.4) is 0 Å². The number of hydrogen-bond donors (Lipinski definition) is 1. The second kappa shape index (κ2) is 3.61. The van der Waals surface area contributed by atoms with Gasteiger partial charge in [-0.3, -0.25) is 0 Å². The second-order valence-corrected chi connectivity index (χ2v) is 4.45. The zero-order valence-electron chi connectivity index (χ0n) is 8.38. The SMILES string of the molecule is C=C(C)C1CC(C)C(O)CC1C. The normalized spacial score (nSPS) is 42.7. The van der Waals surface area contributed by atoms with Crippen LogP contribution in [0.25, 0.3) is 0 Å². The van der Waals surface area contributed by atoms with Gasteiger partial charge in [0.25, 0.3) is 0 Å². The van der Waals surface area contributed by atoms with Crippen LogP contribution in [0.4, 0.5) is 0 Å². The lowest BCUT2D eigenvalue weighted by Gasteiger charge is -2.36. The van der Waals surface area contributed by atoms with Crippen molar-refractivity contribution in [3.8, 4) is 0 Å². The third-order valence-corrected chi connectivity index (χ3v) is 3.22. The van der Waals surface area contributed by atoms with E-state index in [1.165, 1.54) is 5.57 Å². The molecular weight excluding hydrogens is 148 g/mol. The molecule has 1 heteroatoms. The van der Waals surface area contributed by atoms with Crippen LogP contribution in [-0.2, 0) is 0 Å². The summed E-state index contributed by atoms with van der Waals surface area (Å²) in [5, 5.41) is 9.62. The standard InChI is InChI=1S/C11H20O/c1-7(2)10-5-9(4)11(12)6-8(10)3/h8-12H,1,5-6H2,2-4H3. The van der Waals surface area contributed by atoms with Gasteiger partial charge in [0, 0.05) is 0 Å². The molecule has 1 aliphatic carbocycles. The molecule has 0 radical (unpaired) electrons. The van der Waals surface area contributed by atoms with E-state index in [2.05, 4.69) is 27.4 Å². The van der Waals surface area contributed by atoms with E-state index in [0.717, 1.165) is 12.8 Å². The third-order valence-electron chi connectivity index (χ3n) is 3.22. The molecule has 0 aromatic rings. The summed E-state index contributed by atoms with van der Waals surface area (Å²) in [6.07, 6.45) is 1.96. The van der Waals surface area contributed by atoms with Crippen LogP contribution in [0.15, 0.2) is 12.2 Å². The van der Waals surface area contributed by atoms with Gasteiger partial charge in [0.15, 0.2) is 0 Å². The van der Waals surface area contributed by atoms with Crippen LogP contribution < -0.4 is 0 Å². The average Bonchev–Trinajstić information content (AvgIpc) is 1.96. The first-order valence-electron chi connectivity index (χ1n) is 4.85. The molecule has 4 unspecified atom stereocenters. The molecule has 0 aromatic carbocycles. The molecule has 0 saturated heterocycles.